The van der Waals surface area contributed by atoms with Crippen LogP contribution in [0, 0.1) is 5.82 Å². The molecule has 0 unspecified atom stereocenters. The molecule has 28 heavy (non-hydrogen) atoms. The van der Waals surface area contributed by atoms with Crippen LogP contribution in [-0.2, 0) is 6.54 Å². The van der Waals surface area contributed by atoms with Gasteiger partial charge in [-0.1, -0.05) is 23.7 Å². The number of halogens is 2. The first kappa shape index (κ1) is 18.1. The molecule has 0 aliphatic rings. The van der Waals surface area contributed by atoms with E-state index in [1.54, 1.807) is 24.5 Å². The molecular formula is C22H16ClFN4. The van der Waals surface area contributed by atoms with Crippen LogP contribution in [0.25, 0.3) is 22.6 Å². The van der Waals surface area contributed by atoms with Gasteiger partial charge in [0, 0.05) is 41.2 Å². The molecule has 0 atom stereocenters. The van der Waals surface area contributed by atoms with Crippen molar-refractivity contribution in [2.24, 2.45) is 0 Å². The van der Waals surface area contributed by atoms with Gasteiger partial charge in [0.1, 0.15) is 11.6 Å². The van der Waals surface area contributed by atoms with Gasteiger partial charge in [-0.15, -0.1) is 0 Å². The van der Waals surface area contributed by atoms with Crippen molar-refractivity contribution < 1.29 is 4.39 Å². The first-order chi connectivity index (χ1) is 13.7. The SMILES string of the molecule is Fc1ccc(-c2cc(NCc3ccc(Cl)cc3)nc(-c3cccnc3)n2)cc1. The van der Waals surface area contributed by atoms with Crippen molar-refractivity contribution in [2.45, 2.75) is 6.54 Å². The maximum Gasteiger partial charge on any atom is 0.163 e. The molecule has 0 fully saturated rings. The second-order valence-corrected chi connectivity index (χ2v) is 6.63. The molecule has 0 spiro atoms. The van der Waals surface area contributed by atoms with E-state index in [0.29, 0.717) is 28.9 Å². The third kappa shape index (κ3) is 4.32. The number of pyridine rings is 1. The third-order valence-corrected chi connectivity index (χ3v) is 4.42. The Balaban J connectivity index is 1.69. The van der Waals surface area contributed by atoms with Crippen LogP contribution in [0.2, 0.25) is 5.02 Å². The van der Waals surface area contributed by atoms with Crippen molar-refractivity contribution >= 4 is 17.4 Å². The lowest BCUT2D eigenvalue weighted by atomic mass is 10.1. The molecule has 6 heteroatoms. The Kier molecular flexibility index (Phi) is 5.26. The van der Waals surface area contributed by atoms with Crippen molar-refractivity contribution in [1.82, 2.24) is 15.0 Å². The Hall–Kier alpha value is -3.31. The fourth-order valence-corrected chi connectivity index (χ4v) is 2.85. The molecule has 1 N–H and O–H groups in total. The van der Waals surface area contributed by atoms with Crippen LogP contribution in [0.5, 0.6) is 0 Å². The van der Waals surface area contributed by atoms with Crippen LogP contribution in [0.3, 0.4) is 0 Å². The van der Waals surface area contributed by atoms with Crippen molar-refractivity contribution in [3.63, 3.8) is 0 Å². The molecule has 4 aromatic rings. The van der Waals surface area contributed by atoms with E-state index in [1.807, 2.05) is 42.5 Å². The van der Waals surface area contributed by atoms with Gasteiger partial charge >= 0.3 is 0 Å². The van der Waals surface area contributed by atoms with Crippen LogP contribution in [0.1, 0.15) is 5.56 Å². The van der Waals surface area contributed by atoms with E-state index in [2.05, 4.69) is 20.3 Å². The zero-order valence-electron chi connectivity index (χ0n) is 14.8. The van der Waals surface area contributed by atoms with E-state index in [9.17, 15) is 4.39 Å². The predicted molar refractivity (Wildman–Crippen MR) is 109 cm³/mol. The smallest absolute Gasteiger partial charge is 0.163 e. The molecular weight excluding hydrogens is 375 g/mol. The highest BCUT2D eigenvalue weighted by Crippen LogP contribution is 2.24. The first-order valence-electron chi connectivity index (χ1n) is 8.71. The monoisotopic (exact) mass is 390 g/mol. The van der Waals surface area contributed by atoms with E-state index >= 15 is 0 Å². The summed E-state index contributed by atoms with van der Waals surface area (Å²) < 4.78 is 13.3. The number of rotatable bonds is 5. The molecule has 2 aromatic heterocycles. The van der Waals surface area contributed by atoms with Gasteiger partial charge in [-0.3, -0.25) is 4.98 Å². The summed E-state index contributed by atoms with van der Waals surface area (Å²) in [6.45, 7) is 0.587. The van der Waals surface area contributed by atoms with Gasteiger partial charge in [-0.25, -0.2) is 14.4 Å². The topological polar surface area (TPSA) is 50.7 Å². The molecule has 4 rings (SSSR count). The number of hydrogen-bond donors (Lipinski definition) is 1. The minimum atomic E-state index is -0.286. The predicted octanol–water partition coefficient (Wildman–Crippen LogP) is 5.61. The summed E-state index contributed by atoms with van der Waals surface area (Å²) in [5.74, 6) is 0.933. The number of nitrogens with zero attached hydrogens (tertiary/aromatic N) is 3. The number of nitrogens with one attached hydrogen (secondary N) is 1. The molecule has 0 saturated heterocycles. The normalized spacial score (nSPS) is 10.6. The lowest BCUT2D eigenvalue weighted by molar-refractivity contribution is 0.628. The Morgan fingerprint density at radius 2 is 1.68 bits per heavy atom. The Bertz CT molecular complexity index is 1070. The standard InChI is InChI=1S/C22H16ClFN4/c23-18-7-3-15(4-8-18)13-26-21-12-20(16-5-9-19(24)10-6-16)27-22(28-21)17-2-1-11-25-14-17/h1-12,14H,13H2,(H,26,27,28). The summed E-state index contributed by atoms with van der Waals surface area (Å²) >= 11 is 5.94. The van der Waals surface area contributed by atoms with Crippen LogP contribution >= 0.6 is 11.6 Å². The highest BCUT2D eigenvalue weighted by atomic mass is 35.5. The van der Waals surface area contributed by atoms with Gasteiger partial charge in [0.25, 0.3) is 0 Å². The second kappa shape index (κ2) is 8.15. The highest BCUT2D eigenvalue weighted by molar-refractivity contribution is 6.30. The summed E-state index contributed by atoms with van der Waals surface area (Å²) in [6, 6.07) is 19.4. The zero-order valence-corrected chi connectivity index (χ0v) is 15.6. The molecule has 138 valence electrons. The number of aromatic nitrogens is 3. The molecule has 2 heterocycles. The highest BCUT2D eigenvalue weighted by Gasteiger charge is 2.09. The molecule has 0 amide bonds. The summed E-state index contributed by atoms with van der Waals surface area (Å²) in [6.07, 6.45) is 3.42. The minimum Gasteiger partial charge on any atom is -0.366 e. The van der Waals surface area contributed by atoms with Gasteiger partial charge in [-0.05, 0) is 54.1 Å². The average molecular weight is 391 g/mol. The van der Waals surface area contributed by atoms with Crippen LogP contribution in [0.15, 0.2) is 79.1 Å². The summed E-state index contributed by atoms with van der Waals surface area (Å²) in [5.41, 5.74) is 3.39. The van der Waals surface area contributed by atoms with Gasteiger partial charge in [0.2, 0.25) is 0 Å². The summed E-state index contributed by atoms with van der Waals surface area (Å²) in [7, 11) is 0. The number of benzene rings is 2. The Morgan fingerprint density at radius 1 is 0.893 bits per heavy atom. The largest absolute Gasteiger partial charge is 0.366 e. The van der Waals surface area contributed by atoms with Crippen LogP contribution in [0.4, 0.5) is 10.2 Å². The van der Waals surface area contributed by atoms with E-state index < -0.39 is 0 Å². The van der Waals surface area contributed by atoms with Crippen molar-refractivity contribution in [3.05, 3.63) is 95.5 Å². The fourth-order valence-electron chi connectivity index (χ4n) is 2.73. The van der Waals surface area contributed by atoms with Gasteiger partial charge in [0.15, 0.2) is 5.82 Å². The van der Waals surface area contributed by atoms with E-state index in [4.69, 9.17) is 11.6 Å². The second-order valence-electron chi connectivity index (χ2n) is 6.19. The molecule has 2 aromatic carbocycles. The zero-order chi connectivity index (χ0) is 19.3. The van der Waals surface area contributed by atoms with Crippen molar-refractivity contribution in [2.75, 3.05) is 5.32 Å². The van der Waals surface area contributed by atoms with E-state index in [-0.39, 0.29) is 5.82 Å². The molecule has 0 aliphatic heterocycles. The minimum absolute atomic E-state index is 0.286. The fraction of sp³-hybridized carbons (Fsp3) is 0.0455. The van der Waals surface area contributed by atoms with E-state index in [0.717, 1.165) is 16.7 Å². The van der Waals surface area contributed by atoms with Gasteiger partial charge in [0.05, 0.1) is 5.69 Å². The molecule has 4 nitrogen and oxygen atoms in total. The van der Waals surface area contributed by atoms with Crippen molar-refractivity contribution in [3.8, 4) is 22.6 Å². The van der Waals surface area contributed by atoms with Gasteiger partial charge < -0.3 is 5.32 Å². The van der Waals surface area contributed by atoms with Crippen LogP contribution < -0.4 is 5.32 Å². The number of hydrogen-bond acceptors (Lipinski definition) is 4. The Labute approximate surface area is 167 Å². The van der Waals surface area contributed by atoms with Crippen LogP contribution in [-0.4, -0.2) is 15.0 Å². The maximum atomic E-state index is 13.3. The third-order valence-electron chi connectivity index (χ3n) is 4.17. The summed E-state index contributed by atoms with van der Waals surface area (Å²) in [4.78, 5) is 13.4. The maximum absolute atomic E-state index is 13.3. The lowest BCUT2D eigenvalue weighted by Crippen LogP contribution is -2.04. The molecule has 0 saturated carbocycles. The quantitative estimate of drug-likeness (QED) is 0.481. The van der Waals surface area contributed by atoms with Crippen molar-refractivity contribution in [1.29, 1.82) is 0 Å². The average Bonchev–Trinajstić information content (AvgIpc) is 2.74. The Morgan fingerprint density at radius 3 is 2.39 bits per heavy atom. The van der Waals surface area contributed by atoms with E-state index in [1.165, 1.54) is 12.1 Å². The molecule has 0 aliphatic carbocycles. The molecule has 0 radical (unpaired) electrons. The van der Waals surface area contributed by atoms with Gasteiger partial charge in [-0.2, -0.15) is 0 Å². The lowest BCUT2D eigenvalue weighted by Gasteiger charge is -2.11. The first-order valence-corrected chi connectivity index (χ1v) is 9.09. The number of anilines is 1. The molecule has 0 bridgehead atoms. The summed E-state index contributed by atoms with van der Waals surface area (Å²) in [5, 5.41) is 4.02.